The van der Waals surface area contributed by atoms with Crippen molar-refractivity contribution < 1.29 is 4.42 Å². The molecule has 264 valence electrons. The Labute approximate surface area is 339 Å². The summed E-state index contributed by atoms with van der Waals surface area (Å²) in [7, 11) is 15.9. The van der Waals surface area contributed by atoms with Crippen molar-refractivity contribution in [2.75, 3.05) is 0 Å². The first kappa shape index (κ1) is 36.3. The Hall–Kier alpha value is -6.40. The number of hydrogen-bond acceptors (Lipinski definition) is 4. The van der Waals surface area contributed by atoms with Gasteiger partial charge in [-0.15, -0.1) is 5.46 Å². The molecule has 12 heteroatoms. The Balaban J connectivity index is 1.43. The predicted molar refractivity (Wildman–Crippen MR) is 262 cm³/mol. The number of allylic oxidation sites excluding steroid dienone is 2. The summed E-state index contributed by atoms with van der Waals surface area (Å²) < 4.78 is 9.31. The van der Waals surface area contributed by atoms with Gasteiger partial charge in [0, 0.05) is 43.9 Å². The summed E-state index contributed by atoms with van der Waals surface area (Å²) in [6, 6.07) is 37.3. The van der Waals surface area contributed by atoms with Crippen LogP contribution in [-0.2, 0) is 0 Å². The fraction of sp³-hybridized carbons (Fsp3) is 0. The Bertz CT molecular complexity index is 3050. The second kappa shape index (κ2) is 14.3. The van der Waals surface area contributed by atoms with Gasteiger partial charge in [0.05, 0.1) is 0 Å². The second-order valence-electron chi connectivity index (χ2n) is 15.1. The van der Waals surface area contributed by atoms with Gasteiger partial charge in [-0.2, -0.15) is 0 Å². The van der Waals surface area contributed by atoms with E-state index in [0.717, 1.165) is 39.1 Å². The number of nitrogens with zero attached hydrogens (tertiary/aromatic N) is 4. The van der Waals surface area contributed by atoms with E-state index in [0.29, 0.717) is 17.5 Å². The molecule has 0 saturated heterocycles. The number of rotatable bonds is 7. The third kappa shape index (κ3) is 5.85. The summed E-state index contributed by atoms with van der Waals surface area (Å²) in [4.78, 5) is 15.1. The van der Waals surface area contributed by atoms with Crippen molar-refractivity contribution in [3.8, 4) is 51.0 Å². The van der Waals surface area contributed by atoms with Crippen LogP contribution in [-0.4, -0.2) is 74.4 Å². The molecule has 6 aromatic carbocycles. The van der Waals surface area contributed by atoms with Crippen molar-refractivity contribution in [2.45, 2.75) is 0 Å². The van der Waals surface area contributed by atoms with E-state index in [9.17, 15) is 0 Å². The molecule has 0 aliphatic rings. The molecule has 0 radical (unpaired) electrons. The van der Waals surface area contributed by atoms with E-state index in [1.54, 1.807) is 6.08 Å². The van der Waals surface area contributed by atoms with E-state index in [4.69, 9.17) is 19.4 Å². The molecule has 9 aromatic rings. The zero-order valence-corrected chi connectivity index (χ0v) is 33.5. The monoisotopic (exact) mass is 726 g/mol. The number of hydrogen-bond donors (Lipinski definition) is 0. The third-order valence-corrected chi connectivity index (χ3v) is 12.0. The molecule has 0 N–H and O–H groups in total. The maximum atomic E-state index is 6.82. The molecule has 9 rings (SSSR count). The van der Waals surface area contributed by atoms with Crippen LogP contribution in [0.4, 0.5) is 0 Å². The molecule has 5 nitrogen and oxygen atoms in total. The van der Waals surface area contributed by atoms with Crippen LogP contribution in [0.25, 0.3) is 89.8 Å². The maximum absolute atomic E-state index is 6.82. The highest BCUT2D eigenvalue weighted by Gasteiger charge is 2.28. The van der Waals surface area contributed by atoms with Crippen molar-refractivity contribution in [1.29, 1.82) is 0 Å². The molecule has 0 atom stereocenters. The molecule has 0 saturated carbocycles. The molecular formula is C45H37B7N4O. The molecular weight excluding hydrogens is 688 g/mol. The highest BCUT2D eigenvalue weighted by atomic mass is 16.3. The summed E-state index contributed by atoms with van der Waals surface area (Å²) in [5, 5.41) is 3.51. The molecule has 0 aliphatic heterocycles. The van der Waals surface area contributed by atoms with Crippen LogP contribution in [0.15, 0.2) is 132 Å². The van der Waals surface area contributed by atoms with Crippen LogP contribution in [0.2, 0.25) is 0 Å². The minimum Gasteiger partial charge on any atom is -0.454 e. The fourth-order valence-electron chi connectivity index (χ4n) is 8.52. The van der Waals surface area contributed by atoms with Gasteiger partial charge in [0.1, 0.15) is 66.2 Å². The van der Waals surface area contributed by atoms with Gasteiger partial charge < -0.3 is 8.98 Å². The van der Waals surface area contributed by atoms with Crippen molar-refractivity contribution in [3.05, 3.63) is 134 Å². The molecule has 0 spiro atoms. The zero-order chi connectivity index (χ0) is 39.5. The van der Waals surface area contributed by atoms with E-state index < -0.39 is 0 Å². The average Bonchev–Trinajstić information content (AvgIpc) is 3.79. The van der Waals surface area contributed by atoms with Gasteiger partial charge in [-0.3, -0.25) is 0 Å². The van der Waals surface area contributed by atoms with Gasteiger partial charge >= 0.3 is 0 Å². The van der Waals surface area contributed by atoms with Crippen LogP contribution in [0.1, 0.15) is 5.76 Å². The highest BCUT2D eigenvalue weighted by Crippen LogP contribution is 2.40. The van der Waals surface area contributed by atoms with E-state index in [1.807, 2.05) is 78.9 Å². The largest absolute Gasteiger partial charge is 0.454 e. The SMILES string of the molecule is Bc1c(B)c(B)c2c(c1B)c1c(-c3ccccc3)c(B)c(B)c(B)c1n2-c1c(/C=C\C=C)oc2ccc(-c3nc(-c4ccccc4)nc(-c4ccccc4)n3)cc12. The van der Waals surface area contributed by atoms with Gasteiger partial charge in [-0.05, 0) is 35.4 Å². The lowest BCUT2D eigenvalue weighted by molar-refractivity contribution is 0.602. The zero-order valence-electron chi connectivity index (χ0n) is 33.5. The van der Waals surface area contributed by atoms with Crippen molar-refractivity contribution in [1.82, 2.24) is 19.5 Å². The van der Waals surface area contributed by atoms with Crippen molar-refractivity contribution in [2.24, 2.45) is 0 Å². The van der Waals surface area contributed by atoms with E-state index >= 15 is 0 Å². The van der Waals surface area contributed by atoms with Crippen molar-refractivity contribution >= 4 is 132 Å². The maximum Gasteiger partial charge on any atom is 0.164 e. The number of benzene rings is 6. The van der Waals surface area contributed by atoms with Crippen molar-refractivity contribution in [3.63, 3.8) is 0 Å². The Morgan fingerprint density at radius 2 is 1.00 bits per heavy atom. The summed E-state index contributed by atoms with van der Waals surface area (Å²) in [5.74, 6) is 2.59. The first-order chi connectivity index (χ1) is 27.7. The van der Waals surface area contributed by atoms with Gasteiger partial charge in [0.25, 0.3) is 0 Å². The van der Waals surface area contributed by atoms with E-state index in [2.05, 4.69) is 109 Å². The molecule has 3 aromatic heterocycles. The fourth-order valence-corrected chi connectivity index (χ4v) is 8.52. The third-order valence-electron chi connectivity index (χ3n) is 12.0. The molecule has 0 fully saturated rings. The number of furan rings is 1. The van der Waals surface area contributed by atoms with Crippen LogP contribution < -0.4 is 38.2 Å². The normalized spacial score (nSPS) is 11.6. The predicted octanol–water partition coefficient (Wildman–Crippen LogP) is -0.609. The van der Waals surface area contributed by atoms with E-state index in [1.165, 1.54) is 71.2 Å². The Morgan fingerprint density at radius 1 is 0.509 bits per heavy atom. The Morgan fingerprint density at radius 3 is 1.56 bits per heavy atom. The van der Waals surface area contributed by atoms with Crippen LogP contribution >= 0.6 is 0 Å². The summed E-state index contributed by atoms with van der Waals surface area (Å²) >= 11 is 0. The van der Waals surface area contributed by atoms with Crippen LogP contribution in [0, 0.1) is 0 Å². The highest BCUT2D eigenvalue weighted by molar-refractivity contribution is 6.69. The summed E-state index contributed by atoms with van der Waals surface area (Å²) in [5.41, 5.74) is 18.3. The van der Waals surface area contributed by atoms with Gasteiger partial charge in [0.15, 0.2) is 23.2 Å². The lowest BCUT2D eigenvalue weighted by Crippen LogP contribution is -2.48. The van der Waals surface area contributed by atoms with Gasteiger partial charge in [0.2, 0.25) is 0 Å². The molecule has 0 unspecified atom stereocenters. The quantitative estimate of drug-likeness (QED) is 0.163. The molecule has 57 heavy (non-hydrogen) atoms. The van der Waals surface area contributed by atoms with E-state index in [-0.39, 0.29) is 0 Å². The molecule has 0 aliphatic carbocycles. The lowest BCUT2D eigenvalue weighted by atomic mass is 9.64. The molecule has 0 bridgehead atoms. The lowest BCUT2D eigenvalue weighted by Gasteiger charge is -2.18. The number of fused-ring (bicyclic) bond motifs is 4. The smallest absolute Gasteiger partial charge is 0.164 e. The topological polar surface area (TPSA) is 56.7 Å². The minimum absolute atomic E-state index is 0.592. The Kier molecular flexibility index (Phi) is 9.08. The average molecular weight is 726 g/mol. The van der Waals surface area contributed by atoms with Crippen LogP contribution in [0.3, 0.4) is 0 Å². The minimum atomic E-state index is 0.592. The summed E-state index contributed by atoms with van der Waals surface area (Å²) in [6.45, 7) is 4.01. The molecule has 0 amide bonds. The second-order valence-corrected chi connectivity index (χ2v) is 15.1. The first-order valence-electron chi connectivity index (χ1n) is 19.5. The first-order valence-corrected chi connectivity index (χ1v) is 19.5. The number of aromatic nitrogens is 4. The molecule has 3 heterocycles. The standard InChI is InChI=1S/C45H37B7N4O/c1-2-3-19-29-40(27-22-26(20-21-28(27)57-29)45-54-43(24-15-9-5-10-16-24)53-44(55-45)25-17-11-6-12-18-25)56-41-31(32-34(47)35(48)37(50)39(52)42(32)56)30(23-13-7-4-8-14-23)33(46)36(49)38(41)51/h2-22H,1,46-52H2/b19-3-. The van der Waals surface area contributed by atoms with Gasteiger partial charge in [-0.1, -0.05) is 143 Å². The van der Waals surface area contributed by atoms with Gasteiger partial charge in [-0.25, -0.2) is 15.0 Å². The van der Waals surface area contributed by atoms with Crippen LogP contribution in [0.5, 0.6) is 0 Å². The summed E-state index contributed by atoms with van der Waals surface area (Å²) in [6.07, 6.45) is 5.78.